The van der Waals surface area contributed by atoms with Gasteiger partial charge in [-0.3, -0.25) is 9.80 Å². The maximum Gasteiger partial charge on any atom is 0.231 e. The molecule has 0 spiro atoms. The van der Waals surface area contributed by atoms with Crippen molar-refractivity contribution in [3.8, 4) is 11.5 Å². The Hall–Kier alpha value is -1.34. The summed E-state index contributed by atoms with van der Waals surface area (Å²) in [5, 5.41) is 9.59. The monoisotopic (exact) mass is 361 g/mol. The molecule has 3 aliphatic heterocycles. The van der Waals surface area contributed by atoms with Crippen molar-refractivity contribution in [3.63, 3.8) is 0 Å². The topological polar surface area (TPSA) is 48.4 Å². The summed E-state index contributed by atoms with van der Waals surface area (Å²) in [5.74, 6) is 1.77. The molecule has 6 heteroatoms. The number of para-hydroxylation sites is 1. The van der Waals surface area contributed by atoms with Crippen molar-refractivity contribution in [2.45, 2.75) is 37.9 Å². The van der Waals surface area contributed by atoms with E-state index in [9.17, 15) is 5.11 Å². The van der Waals surface area contributed by atoms with Crippen molar-refractivity contribution in [2.75, 3.05) is 53.2 Å². The second-order valence-corrected chi connectivity index (χ2v) is 7.82. The lowest BCUT2D eigenvalue weighted by Gasteiger charge is -2.47. The van der Waals surface area contributed by atoms with E-state index in [-0.39, 0.29) is 6.61 Å². The second-order valence-electron chi connectivity index (χ2n) is 7.82. The van der Waals surface area contributed by atoms with Crippen LogP contribution in [0.15, 0.2) is 18.2 Å². The minimum atomic E-state index is 0.263. The van der Waals surface area contributed by atoms with Gasteiger partial charge in [0.15, 0.2) is 11.5 Å². The molecule has 0 saturated carbocycles. The van der Waals surface area contributed by atoms with E-state index in [1.54, 1.807) is 0 Å². The fraction of sp³-hybridized carbons (Fsp3) is 0.700. The summed E-state index contributed by atoms with van der Waals surface area (Å²) in [4.78, 5) is 7.60. The number of hydrogen-bond acceptors (Lipinski definition) is 6. The van der Waals surface area contributed by atoms with Gasteiger partial charge in [0, 0.05) is 50.4 Å². The van der Waals surface area contributed by atoms with Crippen LogP contribution in [0.2, 0.25) is 0 Å². The van der Waals surface area contributed by atoms with E-state index < -0.39 is 0 Å². The highest BCUT2D eigenvalue weighted by Gasteiger charge is 2.33. The summed E-state index contributed by atoms with van der Waals surface area (Å²) in [5.41, 5.74) is 1.20. The van der Waals surface area contributed by atoms with Crippen LogP contribution in [0.4, 0.5) is 0 Å². The fourth-order valence-corrected chi connectivity index (χ4v) is 4.65. The highest BCUT2D eigenvalue weighted by Crippen LogP contribution is 2.36. The van der Waals surface area contributed by atoms with Crippen LogP contribution in [0.25, 0.3) is 0 Å². The Kier molecular flexibility index (Phi) is 5.64. The first-order valence-electron chi connectivity index (χ1n) is 9.89. The van der Waals surface area contributed by atoms with Crippen LogP contribution >= 0.6 is 0 Å². The average molecular weight is 361 g/mol. The number of fused-ring (bicyclic) bond motifs is 1. The molecule has 3 aliphatic rings. The highest BCUT2D eigenvalue weighted by atomic mass is 16.7. The zero-order valence-corrected chi connectivity index (χ0v) is 15.8. The molecule has 6 nitrogen and oxygen atoms in total. The fourth-order valence-electron chi connectivity index (χ4n) is 4.65. The Balaban J connectivity index is 1.41. The molecule has 2 fully saturated rings. The van der Waals surface area contributed by atoms with Crippen LogP contribution < -0.4 is 9.47 Å². The summed E-state index contributed by atoms with van der Waals surface area (Å²) in [7, 11) is 2.21. The van der Waals surface area contributed by atoms with E-state index in [1.807, 2.05) is 12.1 Å². The normalized spacial score (nSPS) is 25.7. The van der Waals surface area contributed by atoms with Gasteiger partial charge in [-0.15, -0.1) is 0 Å². The van der Waals surface area contributed by atoms with Crippen molar-refractivity contribution in [1.82, 2.24) is 14.7 Å². The minimum Gasteiger partial charge on any atom is -0.454 e. The maximum atomic E-state index is 9.59. The Morgan fingerprint density at radius 1 is 1.12 bits per heavy atom. The van der Waals surface area contributed by atoms with Gasteiger partial charge < -0.3 is 19.5 Å². The third-order valence-electron chi connectivity index (χ3n) is 6.10. The summed E-state index contributed by atoms with van der Waals surface area (Å²) < 4.78 is 11.2. The lowest BCUT2D eigenvalue weighted by atomic mass is 9.98. The molecule has 0 radical (unpaired) electrons. The number of aliphatic hydroxyl groups excluding tert-OH is 1. The van der Waals surface area contributed by atoms with Gasteiger partial charge in [0.1, 0.15) is 0 Å². The molecule has 1 atom stereocenters. The van der Waals surface area contributed by atoms with Crippen molar-refractivity contribution in [1.29, 1.82) is 0 Å². The molecule has 1 aromatic carbocycles. The van der Waals surface area contributed by atoms with E-state index in [0.29, 0.717) is 18.9 Å². The molecule has 0 aliphatic carbocycles. The number of piperidine rings is 1. The van der Waals surface area contributed by atoms with Crippen LogP contribution in [-0.4, -0.2) is 85.1 Å². The van der Waals surface area contributed by atoms with Gasteiger partial charge in [-0.1, -0.05) is 12.1 Å². The van der Waals surface area contributed by atoms with E-state index in [0.717, 1.165) is 44.1 Å². The van der Waals surface area contributed by atoms with Gasteiger partial charge in [-0.25, -0.2) is 0 Å². The molecular weight excluding hydrogens is 330 g/mol. The molecule has 0 aromatic heterocycles. The first kappa shape index (κ1) is 18.0. The lowest BCUT2D eigenvalue weighted by molar-refractivity contribution is 0.00578. The number of rotatable bonds is 5. The summed E-state index contributed by atoms with van der Waals surface area (Å²) in [6, 6.07) is 7.26. The minimum absolute atomic E-state index is 0.263. The van der Waals surface area contributed by atoms with Crippen LogP contribution in [0.1, 0.15) is 24.8 Å². The number of likely N-dealkylation sites (tertiary alicyclic amines) is 1. The Bertz CT molecular complexity index is 604. The summed E-state index contributed by atoms with van der Waals surface area (Å²) in [6.45, 7) is 7.01. The largest absolute Gasteiger partial charge is 0.454 e. The Morgan fingerprint density at radius 3 is 2.77 bits per heavy atom. The van der Waals surface area contributed by atoms with Gasteiger partial charge in [0.2, 0.25) is 6.79 Å². The van der Waals surface area contributed by atoms with Gasteiger partial charge >= 0.3 is 0 Å². The van der Waals surface area contributed by atoms with Crippen LogP contribution in [0, 0.1) is 0 Å². The average Bonchev–Trinajstić information content (AvgIpc) is 3.13. The zero-order valence-electron chi connectivity index (χ0n) is 15.8. The molecule has 1 unspecified atom stereocenters. The molecule has 1 aromatic rings. The second kappa shape index (κ2) is 8.13. The Morgan fingerprint density at radius 2 is 1.96 bits per heavy atom. The lowest BCUT2D eigenvalue weighted by Crippen LogP contribution is -2.58. The number of nitrogens with zero attached hydrogens (tertiary/aromatic N) is 3. The van der Waals surface area contributed by atoms with Gasteiger partial charge in [0.25, 0.3) is 0 Å². The number of piperazine rings is 1. The number of benzene rings is 1. The molecule has 3 heterocycles. The van der Waals surface area contributed by atoms with E-state index in [1.165, 1.54) is 31.5 Å². The highest BCUT2D eigenvalue weighted by molar-refractivity contribution is 5.48. The predicted octanol–water partition coefficient (Wildman–Crippen LogP) is 1.38. The first-order chi connectivity index (χ1) is 12.7. The number of ether oxygens (including phenoxy) is 2. The van der Waals surface area contributed by atoms with Crippen molar-refractivity contribution in [3.05, 3.63) is 23.8 Å². The van der Waals surface area contributed by atoms with Gasteiger partial charge in [-0.2, -0.15) is 0 Å². The molecule has 1 N–H and O–H groups in total. The standard InChI is InChI=1S/C20H31N3O3/c1-21-8-5-17(6-9-21)23-11-10-22(14-18(23)7-12-24)13-16-3-2-4-19-20(16)26-15-25-19/h2-4,17-18,24H,5-15H2,1H3. The molecule has 4 rings (SSSR count). The molecule has 2 saturated heterocycles. The first-order valence-corrected chi connectivity index (χ1v) is 9.89. The molecular formula is C20H31N3O3. The summed E-state index contributed by atoms with van der Waals surface area (Å²) >= 11 is 0. The quantitative estimate of drug-likeness (QED) is 0.855. The van der Waals surface area contributed by atoms with Gasteiger partial charge in [0.05, 0.1) is 0 Å². The number of hydrogen-bond donors (Lipinski definition) is 1. The maximum absolute atomic E-state index is 9.59. The van der Waals surface area contributed by atoms with Crippen LogP contribution in [0.5, 0.6) is 11.5 Å². The SMILES string of the molecule is CN1CCC(N2CCN(Cc3cccc4c3OCO4)CC2CCO)CC1. The zero-order chi connectivity index (χ0) is 17.9. The molecule has 0 bridgehead atoms. The molecule has 26 heavy (non-hydrogen) atoms. The van der Waals surface area contributed by atoms with Crippen LogP contribution in [0.3, 0.4) is 0 Å². The van der Waals surface area contributed by atoms with E-state index in [2.05, 4.69) is 27.8 Å². The van der Waals surface area contributed by atoms with Crippen LogP contribution in [-0.2, 0) is 6.54 Å². The van der Waals surface area contributed by atoms with E-state index >= 15 is 0 Å². The molecule has 144 valence electrons. The third kappa shape index (κ3) is 3.83. The number of aliphatic hydroxyl groups is 1. The predicted molar refractivity (Wildman–Crippen MR) is 101 cm³/mol. The van der Waals surface area contributed by atoms with Gasteiger partial charge in [-0.05, 0) is 45.5 Å². The molecule has 0 amide bonds. The Labute approximate surface area is 156 Å². The third-order valence-corrected chi connectivity index (χ3v) is 6.10. The van der Waals surface area contributed by atoms with Crippen molar-refractivity contribution >= 4 is 0 Å². The summed E-state index contributed by atoms with van der Waals surface area (Å²) in [6.07, 6.45) is 3.35. The van der Waals surface area contributed by atoms with E-state index in [4.69, 9.17) is 9.47 Å². The van der Waals surface area contributed by atoms with Crippen molar-refractivity contribution in [2.24, 2.45) is 0 Å². The van der Waals surface area contributed by atoms with Crippen molar-refractivity contribution < 1.29 is 14.6 Å². The smallest absolute Gasteiger partial charge is 0.231 e.